The van der Waals surface area contributed by atoms with Gasteiger partial charge in [-0.05, 0) is 30.2 Å². The predicted molar refractivity (Wildman–Crippen MR) is 148 cm³/mol. The van der Waals surface area contributed by atoms with E-state index in [0.29, 0.717) is 10.9 Å². The van der Waals surface area contributed by atoms with Crippen LogP contribution in [-0.4, -0.2) is 38.3 Å². The topological polar surface area (TPSA) is 135 Å². The Morgan fingerprint density at radius 2 is 1.46 bits per heavy atom. The Morgan fingerprint density at radius 3 is 2.10 bits per heavy atom. The number of nitrogens with zero attached hydrogens (tertiary/aromatic N) is 1. The molecule has 2 aromatic rings. The number of ether oxygens (including phenoxy) is 5. The lowest BCUT2D eigenvalue weighted by Crippen LogP contribution is -2.22. The molecule has 2 rings (SSSR count). The molecule has 0 aromatic heterocycles. The predicted octanol–water partition coefficient (Wildman–Crippen LogP) is 6.47. The molecule has 0 saturated heterocycles. The second-order valence-corrected chi connectivity index (χ2v) is 9.48. The van der Waals surface area contributed by atoms with Crippen LogP contribution in [0.25, 0.3) is 0 Å². The SMILES string of the molecule is CCCCCCCCC(=O)NCc1cc(OC)c(OC(=O)OCc2cc(OC)c(OC)cc2[N+](=O)[O-])cc1Br. The third kappa shape index (κ3) is 9.93. The van der Waals surface area contributed by atoms with E-state index >= 15 is 0 Å². The molecule has 214 valence electrons. The Hall–Kier alpha value is -3.54. The second-order valence-electron chi connectivity index (χ2n) is 8.62. The van der Waals surface area contributed by atoms with Crippen molar-refractivity contribution in [3.05, 3.63) is 50.0 Å². The Labute approximate surface area is 236 Å². The van der Waals surface area contributed by atoms with Crippen LogP contribution in [0.3, 0.4) is 0 Å². The van der Waals surface area contributed by atoms with Crippen LogP contribution < -0.4 is 24.3 Å². The van der Waals surface area contributed by atoms with E-state index in [-0.39, 0.29) is 46.7 Å². The van der Waals surface area contributed by atoms with Crippen molar-refractivity contribution in [1.29, 1.82) is 0 Å². The van der Waals surface area contributed by atoms with Crippen molar-refractivity contribution in [1.82, 2.24) is 5.32 Å². The minimum atomic E-state index is -1.09. The number of methoxy groups -OCH3 is 3. The molecule has 11 nitrogen and oxygen atoms in total. The molecular weight excluding hydrogens is 576 g/mol. The van der Waals surface area contributed by atoms with Crippen molar-refractivity contribution in [2.45, 2.75) is 65.0 Å². The fraction of sp³-hybridized carbons (Fsp3) is 0.481. The number of nitro groups is 1. The fourth-order valence-electron chi connectivity index (χ4n) is 3.75. The van der Waals surface area contributed by atoms with Crippen molar-refractivity contribution in [3.8, 4) is 23.0 Å². The molecule has 1 N–H and O–H groups in total. The number of halogens is 1. The molecule has 0 aliphatic carbocycles. The summed E-state index contributed by atoms with van der Waals surface area (Å²) in [5, 5.41) is 14.4. The zero-order chi connectivity index (χ0) is 28.8. The van der Waals surface area contributed by atoms with E-state index in [9.17, 15) is 19.7 Å². The highest BCUT2D eigenvalue weighted by atomic mass is 79.9. The first-order chi connectivity index (χ1) is 18.7. The van der Waals surface area contributed by atoms with Gasteiger partial charge in [-0.15, -0.1) is 0 Å². The van der Waals surface area contributed by atoms with Gasteiger partial charge in [0.1, 0.15) is 6.61 Å². The summed E-state index contributed by atoms with van der Waals surface area (Å²) in [6, 6.07) is 5.70. The second kappa shape index (κ2) is 16.4. The van der Waals surface area contributed by atoms with Gasteiger partial charge < -0.3 is 29.0 Å². The van der Waals surface area contributed by atoms with Crippen LogP contribution in [0.15, 0.2) is 28.7 Å². The van der Waals surface area contributed by atoms with Gasteiger partial charge in [-0.1, -0.05) is 55.0 Å². The Morgan fingerprint density at radius 1 is 0.872 bits per heavy atom. The maximum absolute atomic E-state index is 12.4. The maximum atomic E-state index is 12.4. The van der Waals surface area contributed by atoms with Crippen LogP contribution in [0.2, 0.25) is 0 Å². The Bertz CT molecular complexity index is 1140. The number of amides is 1. The fourth-order valence-corrected chi connectivity index (χ4v) is 4.21. The van der Waals surface area contributed by atoms with Crippen LogP contribution in [-0.2, 0) is 22.7 Å². The number of carbonyl (C=O) groups is 2. The van der Waals surface area contributed by atoms with Crippen LogP contribution in [0.4, 0.5) is 10.5 Å². The van der Waals surface area contributed by atoms with E-state index in [1.54, 1.807) is 6.07 Å². The molecule has 0 unspecified atom stereocenters. The average Bonchev–Trinajstić information content (AvgIpc) is 2.92. The summed E-state index contributed by atoms with van der Waals surface area (Å²) in [5.41, 5.74) is 0.517. The van der Waals surface area contributed by atoms with Crippen LogP contribution in [0, 0.1) is 10.1 Å². The maximum Gasteiger partial charge on any atom is 0.514 e. The largest absolute Gasteiger partial charge is 0.514 e. The highest BCUT2D eigenvalue weighted by Crippen LogP contribution is 2.36. The van der Waals surface area contributed by atoms with Crippen molar-refractivity contribution < 1.29 is 38.2 Å². The molecule has 1 amide bonds. The molecule has 39 heavy (non-hydrogen) atoms. The van der Waals surface area contributed by atoms with Gasteiger partial charge in [0.25, 0.3) is 5.69 Å². The van der Waals surface area contributed by atoms with Crippen molar-refractivity contribution >= 4 is 33.7 Å². The van der Waals surface area contributed by atoms with E-state index < -0.39 is 17.7 Å². The lowest BCUT2D eigenvalue weighted by atomic mass is 10.1. The first-order valence-electron chi connectivity index (χ1n) is 12.6. The van der Waals surface area contributed by atoms with Gasteiger partial charge in [-0.25, -0.2) is 4.79 Å². The molecule has 0 aliphatic heterocycles. The summed E-state index contributed by atoms with van der Waals surface area (Å²) in [5.74, 6) is 0.689. The summed E-state index contributed by atoms with van der Waals surface area (Å²) in [4.78, 5) is 35.5. The zero-order valence-electron chi connectivity index (χ0n) is 22.7. The molecule has 0 radical (unpaired) electrons. The minimum Gasteiger partial charge on any atom is -0.493 e. The molecule has 2 aromatic carbocycles. The molecule has 0 bridgehead atoms. The third-order valence-electron chi connectivity index (χ3n) is 5.89. The minimum absolute atomic E-state index is 0.0375. The highest BCUT2D eigenvalue weighted by molar-refractivity contribution is 9.10. The molecule has 12 heteroatoms. The van der Waals surface area contributed by atoms with Gasteiger partial charge in [0.05, 0.1) is 37.9 Å². The Balaban J connectivity index is 1.98. The van der Waals surface area contributed by atoms with E-state index in [2.05, 4.69) is 28.2 Å². The zero-order valence-corrected chi connectivity index (χ0v) is 24.3. The van der Waals surface area contributed by atoms with Crippen LogP contribution in [0.5, 0.6) is 23.0 Å². The summed E-state index contributed by atoms with van der Waals surface area (Å²) < 4.78 is 26.6. The van der Waals surface area contributed by atoms with Gasteiger partial charge in [-0.2, -0.15) is 0 Å². The highest BCUT2D eigenvalue weighted by Gasteiger charge is 2.22. The third-order valence-corrected chi connectivity index (χ3v) is 6.62. The number of hydrogen-bond donors (Lipinski definition) is 1. The number of unbranched alkanes of at least 4 members (excludes halogenated alkanes) is 5. The molecular formula is C27H35BrN2O9. The lowest BCUT2D eigenvalue weighted by Gasteiger charge is -2.14. The number of rotatable bonds is 16. The van der Waals surface area contributed by atoms with Gasteiger partial charge in [0.15, 0.2) is 23.0 Å². The quantitative estimate of drug-likeness (QED) is 0.0745. The number of benzene rings is 2. The molecule has 0 aliphatic rings. The van der Waals surface area contributed by atoms with Crippen LogP contribution >= 0.6 is 15.9 Å². The van der Waals surface area contributed by atoms with Gasteiger partial charge in [-0.3, -0.25) is 14.9 Å². The first kappa shape index (κ1) is 31.7. The molecule has 0 heterocycles. The van der Waals surface area contributed by atoms with E-state index in [0.717, 1.165) is 24.8 Å². The molecule has 0 saturated carbocycles. The number of nitrogens with one attached hydrogen (secondary N) is 1. The van der Waals surface area contributed by atoms with E-state index in [1.807, 2.05) is 0 Å². The molecule has 0 spiro atoms. The number of nitro benzene ring substituents is 1. The average molecular weight is 611 g/mol. The van der Waals surface area contributed by atoms with Gasteiger partial charge in [0.2, 0.25) is 5.91 Å². The monoisotopic (exact) mass is 610 g/mol. The lowest BCUT2D eigenvalue weighted by molar-refractivity contribution is -0.385. The van der Waals surface area contributed by atoms with Gasteiger partial charge in [0, 0.05) is 17.4 Å². The van der Waals surface area contributed by atoms with Crippen LogP contribution in [0.1, 0.15) is 63.0 Å². The molecule has 0 fully saturated rings. The summed E-state index contributed by atoms with van der Waals surface area (Å²) in [6.07, 6.45) is 6.00. The van der Waals surface area contributed by atoms with E-state index in [1.165, 1.54) is 58.8 Å². The van der Waals surface area contributed by atoms with Crippen molar-refractivity contribution in [2.75, 3.05) is 21.3 Å². The first-order valence-corrected chi connectivity index (χ1v) is 13.4. The van der Waals surface area contributed by atoms with Gasteiger partial charge >= 0.3 is 6.16 Å². The van der Waals surface area contributed by atoms with Crippen molar-refractivity contribution in [2.24, 2.45) is 0 Å². The van der Waals surface area contributed by atoms with E-state index in [4.69, 9.17) is 23.7 Å². The Kier molecular flexibility index (Phi) is 13.3. The standard InChI is InChI=1S/C27H35BrN2O9/c1-5-6-7-8-9-10-11-26(31)29-16-18-12-23(36-3)25(14-20(18)28)39-27(32)38-17-19-13-22(35-2)24(37-4)15-21(19)30(33)34/h12-15H,5-11,16-17H2,1-4H3,(H,29,31). The number of carbonyl (C=O) groups excluding carboxylic acids is 2. The number of hydrogen-bond acceptors (Lipinski definition) is 9. The normalized spacial score (nSPS) is 10.5. The molecule has 0 atom stereocenters. The summed E-state index contributed by atoms with van der Waals surface area (Å²) >= 11 is 3.43. The smallest absolute Gasteiger partial charge is 0.493 e. The van der Waals surface area contributed by atoms with Crippen molar-refractivity contribution in [3.63, 3.8) is 0 Å². The summed E-state index contributed by atoms with van der Waals surface area (Å²) in [6.45, 7) is 1.99. The summed E-state index contributed by atoms with van der Waals surface area (Å²) in [7, 11) is 4.16.